The van der Waals surface area contributed by atoms with Crippen molar-refractivity contribution < 1.29 is 4.74 Å². The van der Waals surface area contributed by atoms with Crippen molar-refractivity contribution in [1.82, 2.24) is 0 Å². The van der Waals surface area contributed by atoms with E-state index in [0.717, 1.165) is 23.7 Å². The molecule has 92 valence electrons. The molecule has 2 bridgehead atoms. The van der Waals surface area contributed by atoms with Crippen LogP contribution in [0.3, 0.4) is 0 Å². The van der Waals surface area contributed by atoms with Gasteiger partial charge < -0.3 is 4.74 Å². The second-order valence-electron chi connectivity index (χ2n) is 6.81. The molecule has 2 rings (SSSR count). The van der Waals surface area contributed by atoms with E-state index in [0.29, 0.717) is 6.00 Å². The minimum absolute atomic E-state index is 0.227. The van der Waals surface area contributed by atoms with Gasteiger partial charge in [-0.25, -0.2) is 0 Å². The Labute approximate surface area is 102 Å². The number of rotatable bonds is 3. The third-order valence-corrected chi connectivity index (χ3v) is 4.70. The molecule has 1 aliphatic carbocycles. The first kappa shape index (κ1) is 12.5. The van der Waals surface area contributed by atoms with E-state index in [2.05, 4.69) is 35.5 Å². The quantitative estimate of drug-likeness (QED) is 0.667. The Balaban J connectivity index is 2.25. The molecule has 1 saturated heterocycles. The summed E-state index contributed by atoms with van der Waals surface area (Å²) < 4.78 is 6.46. The number of hydrogen-bond donors (Lipinski definition) is 0. The van der Waals surface area contributed by atoms with Crippen LogP contribution in [-0.4, -0.2) is 19.5 Å². The topological polar surface area (TPSA) is 9.23 Å². The smallest absolute Gasteiger partial charge is 0.139 e. The lowest BCUT2D eigenvalue weighted by Crippen LogP contribution is -2.43. The molecule has 0 aromatic rings. The van der Waals surface area contributed by atoms with Crippen molar-refractivity contribution in [2.45, 2.75) is 65.0 Å². The minimum atomic E-state index is 0.227. The highest BCUT2D eigenvalue weighted by Crippen LogP contribution is 2.54. The van der Waals surface area contributed by atoms with Gasteiger partial charge >= 0.3 is 0 Å². The molecule has 2 aliphatic rings. The lowest BCUT2D eigenvalue weighted by molar-refractivity contribution is -0.0680. The van der Waals surface area contributed by atoms with E-state index < -0.39 is 0 Å². The predicted molar refractivity (Wildman–Crippen MR) is 71.3 cm³/mol. The Hall–Kier alpha value is 0.0249. The fourth-order valence-electron chi connectivity index (χ4n) is 4.57. The number of fused-ring (bicyclic) bond motifs is 2. The molecule has 1 heterocycles. The van der Waals surface area contributed by atoms with E-state index in [9.17, 15) is 0 Å². The fourth-order valence-corrected chi connectivity index (χ4v) is 4.57. The van der Waals surface area contributed by atoms with Gasteiger partial charge in [-0.2, -0.15) is 0 Å². The first-order valence-electron chi connectivity index (χ1n) is 7.14. The van der Waals surface area contributed by atoms with E-state index in [1.807, 2.05) is 0 Å². The van der Waals surface area contributed by atoms with Crippen molar-refractivity contribution in [2.75, 3.05) is 0 Å². The molecule has 2 fully saturated rings. The first-order valence-corrected chi connectivity index (χ1v) is 7.14. The van der Waals surface area contributed by atoms with Crippen molar-refractivity contribution >= 4 is 7.85 Å². The summed E-state index contributed by atoms with van der Waals surface area (Å²) in [5.41, 5.74) is 0.227. The Kier molecular flexibility index (Phi) is 3.40. The molecule has 1 nitrogen and oxygen atoms in total. The van der Waals surface area contributed by atoms with Gasteiger partial charge in [0.15, 0.2) is 0 Å². The lowest BCUT2D eigenvalue weighted by Gasteiger charge is -2.43. The fraction of sp³-hybridized carbons (Fsp3) is 1.00. The zero-order valence-corrected chi connectivity index (χ0v) is 11.6. The Morgan fingerprint density at radius 3 is 2.56 bits per heavy atom. The summed E-state index contributed by atoms with van der Waals surface area (Å²) in [7, 11) is 2.30. The molecule has 2 heteroatoms. The third-order valence-electron chi connectivity index (χ3n) is 4.70. The molecular weight excluding hydrogens is 195 g/mol. The first-order chi connectivity index (χ1) is 7.46. The summed E-state index contributed by atoms with van der Waals surface area (Å²) >= 11 is 0. The Morgan fingerprint density at radius 1 is 1.31 bits per heavy atom. The van der Waals surface area contributed by atoms with Crippen LogP contribution in [0.5, 0.6) is 0 Å². The van der Waals surface area contributed by atoms with Gasteiger partial charge in [-0.05, 0) is 42.9 Å². The highest BCUT2D eigenvalue weighted by atomic mass is 16.5. The molecule has 1 aliphatic heterocycles. The molecule has 0 radical (unpaired) electrons. The largest absolute Gasteiger partial charge is 0.380 e. The second-order valence-corrected chi connectivity index (χ2v) is 6.81. The van der Waals surface area contributed by atoms with Crippen molar-refractivity contribution in [3.05, 3.63) is 0 Å². The van der Waals surface area contributed by atoms with Gasteiger partial charge in [0.2, 0.25) is 0 Å². The van der Waals surface area contributed by atoms with Crippen LogP contribution in [0, 0.1) is 23.7 Å². The SMILES string of the molecule is BC1OC2(CC(C)C)CCCC1C2C(C)C. The molecule has 4 unspecified atom stereocenters. The van der Waals surface area contributed by atoms with Crippen molar-refractivity contribution in [2.24, 2.45) is 23.7 Å². The van der Waals surface area contributed by atoms with Crippen molar-refractivity contribution in [3.8, 4) is 0 Å². The summed E-state index contributed by atoms with van der Waals surface area (Å²) in [4.78, 5) is 0. The summed E-state index contributed by atoms with van der Waals surface area (Å²) in [6.45, 7) is 9.45. The summed E-state index contributed by atoms with van der Waals surface area (Å²) in [6.07, 6.45) is 5.33. The third kappa shape index (κ3) is 1.94. The van der Waals surface area contributed by atoms with Crippen LogP contribution in [0.2, 0.25) is 0 Å². The zero-order chi connectivity index (χ0) is 11.9. The highest BCUT2D eigenvalue weighted by Gasteiger charge is 2.55. The molecule has 1 saturated carbocycles. The van der Waals surface area contributed by atoms with Gasteiger partial charge in [-0.1, -0.05) is 34.1 Å². The van der Waals surface area contributed by atoms with Crippen molar-refractivity contribution in [1.29, 1.82) is 0 Å². The van der Waals surface area contributed by atoms with Crippen LogP contribution in [0.1, 0.15) is 53.4 Å². The van der Waals surface area contributed by atoms with E-state index >= 15 is 0 Å². The van der Waals surface area contributed by atoms with Gasteiger partial charge in [0, 0.05) is 6.00 Å². The molecule has 0 spiro atoms. The average Bonchev–Trinajstić information content (AvgIpc) is 2.29. The standard InChI is InChI=1S/C14H27BO/c1-9(2)8-14-7-5-6-11(13(15)16-14)12(14)10(3)4/h9-13H,5-8,15H2,1-4H3. The monoisotopic (exact) mass is 222 g/mol. The average molecular weight is 222 g/mol. The van der Waals surface area contributed by atoms with E-state index in [4.69, 9.17) is 4.74 Å². The second kappa shape index (κ2) is 4.36. The Morgan fingerprint density at radius 2 is 2.00 bits per heavy atom. The number of hydrogen-bond acceptors (Lipinski definition) is 1. The van der Waals surface area contributed by atoms with E-state index in [-0.39, 0.29) is 5.60 Å². The maximum absolute atomic E-state index is 6.46. The van der Waals surface area contributed by atoms with Crippen LogP contribution >= 0.6 is 0 Å². The number of ether oxygens (including phenoxy) is 1. The van der Waals surface area contributed by atoms with Gasteiger partial charge in [0.05, 0.1) is 5.60 Å². The normalized spacial score (nSPS) is 43.2. The van der Waals surface area contributed by atoms with Gasteiger partial charge in [-0.15, -0.1) is 0 Å². The Bertz CT molecular complexity index is 247. The maximum atomic E-state index is 6.46. The molecule has 4 atom stereocenters. The maximum Gasteiger partial charge on any atom is 0.139 e. The molecule has 0 N–H and O–H groups in total. The minimum Gasteiger partial charge on any atom is -0.380 e. The van der Waals surface area contributed by atoms with Crippen LogP contribution in [-0.2, 0) is 4.74 Å². The van der Waals surface area contributed by atoms with Crippen LogP contribution in [0.25, 0.3) is 0 Å². The molecule has 0 aromatic carbocycles. The predicted octanol–water partition coefficient (Wildman–Crippen LogP) is 2.83. The van der Waals surface area contributed by atoms with Gasteiger partial charge in [0.1, 0.15) is 7.85 Å². The van der Waals surface area contributed by atoms with E-state index in [1.54, 1.807) is 0 Å². The highest BCUT2D eigenvalue weighted by molar-refractivity contribution is 6.11. The zero-order valence-electron chi connectivity index (χ0n) is 11.6. The van der Waals surface area contributed by atoms with Crippen LogP contribution in [0.4, 0.5) is 0 Å². The molecule has 16 heavy (non-hydrogen) atoms. The molecular formula is C14H27BO. The molecule has 0 amide bonds. The van der Waals surface area contributed by atoms with Gasteiger partial charge in [-0.3, -0.25) is 0 Å². The summed E-state index contributed by atoms with van der Waals surface area (Å²) in [5.74, 6) is 3.16. The summed E-state index contributed by atoms with van der Waals surface area (Å²) in [5, 5.41) is 0. The van der Waals surface area contributed by atoms with Crippen molar-refractivity contribution in [3.63, 3.8) is 0 Å². The van der Waals surface area contributed by atoms with Crippen LogP contribution in [0.15, 0.2) is 0 Å². The lowest BCUT2D eigenvalue weighted by atomic mass is 9.62. The molecule has 0 aromatic heterocycles. The summed E-state index contributed by atoms with van der Waals surface area (Å²) in [6, 6.07) is 0.494. The van der Waals surface area contributed by atoms with Gasteiger partial charge in [0.25, 0.3) is 0 Å². The van der Waals surface area contributed by atoms with E-state index in [1.165, 1.54) is 25.7 Å². The van der Waals surface area contributed by atoms with Crippen LogP contribution < -0.4 is 0 Å².